The molecule has 1 aromatic carbocycles. The summed E-state index contributed by atoms with van der Waals surface area (Å²) in [6, 6.07) is 8.70. The second-order valence-corrected chi connectivity index (χ2v) is 7.21. The number of esters is 1. The number of methoxy groups -OCH3 is 3. The average molecular weight is 403 g/mol. The van der Waals surface area contributed by atoms with E-state index in [1.54, 1.807) is 18.2 Å². The Morgan fingerprint density at radius 3 is 2.26 bits per heavy atom. The van der Waals surface area contributed by atoms with Crippen LogP contribution in [0.5, 0.6) is 11.5 Å². The molecule has 0 saturated heterocycles. The van der Waals surface area contributed by atoms with E-state index in [4.69, 9.17) is 14.2 Å². The van der Waals surface area contributed by atoms with Gasteiger partial charge in [0.2, 0.25) is 0 Å². The van der Waals surface area contributed by atoms with Gasteiger partial charge in [0.1, 0.15) is 22.1 Å². The van der Waals surface area contributed by atoms with E-state index in [1.807, 2.05) is 22.9 Å². The first-order valence-corrected chi connectivity index (χ1v) is 9.61. The van der Waals surface area contributed by atoms with Gasteiger partial charge in [-0.05, 0) is 23.6 Å². The zero-order valence-electron chi connectivity index (χ0n) is 14.9. The lowest BCUT2D eigenvalue weighted by Crippen LogP contribution is -2.14. The second kappa shape index (κ2) is 8.24. The van der Waals surface area contributed by atoms with Crippen LogP contribution in [0.3, 0.4) is 0 Å². The quantitative estimate of drug-likeness (QED) is 0.612. The van der Waals surface area contributed by atoms with Crippen molar-refractivity contribution in [2.75, 3.05) is 26.6 Å². The number of benzene rings is 1. The SMILES string of the molecule is COC(=O)c1c(-c2cccs2)csc1NC(=O)c1cc(OC)cc(OC)c1. The molecule has 0 bridgehead atoms. The molecule has 0 aliphatic heterocycles. The molecule has 1 amide bonds. The highest BCUT2D eigenvalue weighted by Crippen LogP contribution is 2.38. The number of nitrogens with one attached hydrogen (secondary N) is 1. The summed E-state index contributed by atoms with van der Waals surface area (Å²) in [5.41, 5.74) is 1.43. The highest BCUT2D eigenvalue weighted by Gasteiger charge is 2.23. The van der Waals surface area contributed by atoms with Crippen LogP contribution in [0, 0.1) is 0 Å². The van der Waals surface area contributed by atoms with Crippen LogP contribution in [0.2, 0.25) is 0 Å². The molecule has 0 atom stereocenters. The van der Waals surface area contributed by atoms with Crippen LogP contribution in [0.4, 0.5) is 5.00 Å². The molecule has 3 rings (SSSR count). The number of thiophene rings is 2. The van der Waals surface area contributed by atoms with Crippen molar-refractivity contribution in [2.45, 2.75) is 0 Å². The van der Waals surface area contributed by atoms with E-state index in [9.17, 15) is 9.59 Å². The normalized spacial score (nSPS) is 10.3. The van der Waals surface area contributed by atoms with Gasteiger partial charge in [0.25, 0.3) is 5.91 Å². The van der Waals surface area contributed by atoms with Gasteiger partial charge in [-0.25, -0.2) is 4.79 Å². The first-order chi connectivity index (χ1) is 13.1. The number of anilines is 1. The van der Waals surface area contributed by atoms with Gasteiger partial charge < -0.3 is 19.5 Å². The van der Waals surface area contributed by atoms with Crippen LogP contribution in [0.25, 0.3) is 10.4 Å². The molecule has 3 aromatic rings. The minimum Gasteiger partial charge on any atom is -0.497 e. The van der Waals surface area contributed by atoms with Gasteiger partial charge in [-0.2, -0.15) is 0 Å². The zero-order valence-corrected chi connectivity index (χ0v) is 16.5. The van der Waals surface area contributed by atoms with Crippen LogP contribution >= 0.6 is 22.7 Å². The second-order valence-electron chi connectivity index (χ2n) is 5.38. The highest BCUT2D eigenvalue weighted by atomic mass is 32.1. The Morgan fingerprint density at radius 1 is 1.00 bits per heavy atom. The Kier molecular flexibility index (Phi) is 5.78. The van der Waals surface area contributed by atoms with Crippen molar-refractivity contribution < 1.29 is 23.8 Å². The van der Waals surface area contributed by atoms with Crippen molar-refractivity contribution in [3.05, 3.63) is 52.2 Å². The highest BCUT2D eigenvalue weighted by molar-refractivity contribution is 7.17. The first-order valence-electron chi connectivity index (χ1n) is 7.85. The lowest BCUT2D eigenvalue weighted by atomic mass is 10.1. The smallest absolute Gasteiger partial charge is 0.341 e. The molecule has 0 spiro atoms. The molecule has 1 N–H and O–H groups in total. The summed E-state index contributed by atoms with van der Waals surface area (Å²) in [5.74, 6) is 0.117. The van der Waals surface area contributed by atoms with E-state index < -0.39 is 5.97 Å². The third-order valence-corrected chi connectivity index (χ3v) is 5.61. The van der Waals surface area contributed by atoms with Gasteiger partial charge in [0.05, 0.1) is 21.3 Å². The van der Waals surface area contributed by atoms with Gasteiger partial charge in [-0.3, -0.25) is 4.79 Å². The van der Waals surface area contributed by atoms with Gasteiger partial charge >= 0.3 is 5.97 Å². The van der Waals surface area contributed by atoms with Crippen LogP contribution < -0.4 is 14.8 Å². The molecule has 8 heteroatoms. The maximum atomic E-state index is 12.7. The van der Waals surface area contributed by atoms with Crippen molar-refractivity contribution >= 4 is 39.6 Å². The van der Waals surface area contributed by atoms with Gasteiger partial charge in [-0.15, -0.1) is 22.7 Å². The number of rotatable bonds is 6. The summed E-state index contributed by atoms with van der Waals surface area (Å²) in [6.45, 7) is 0. The predicted octanol–water partition coefficient (Wildman–Crippen LogP) is 4.53. The molecule has 27 heavy (non-hydrogen) atoms. The molecule has 2 heterocycles. The molecule has 2 aromatic heterocycles. The largest absolute Gasteiger partial charge is 0.497 e. The number of carbonyl (C=O) groups is 2. The van der Waals surface area contributed by atoms with Crippen LogP contribution in [0.15, 0.2) is 41.1 Å². The van der Waals surface area contributed by atoms with Gasteiger partial charge in [0, 0.05) is 27.5 Å². The Balaban J connectivity index is 1.96. The molecule has 0 fully saturated rings. The fourth-order valence-electron chi connectivity index (χ4n) is 2.48. The standard InChI is InChI=1S/C19H17NO5S2/c1-23-12-7-11(8-13(9-12)24-2)17(21)20-18-16(19(22)25-3)14(10-27-18)15-5-4-6-26-15/h4-10H,1-3H3,(H,20,21). The molecular weight excluding hydrogens is 386 g/mol. The lowest BCUT2D eigenvalue weighted by Gasteiger charge is -2.10. The minimum absolute atomic E-state index is 0.341. The van der Waals surface area contributed by atoms with E-state index in [-0.39, 0.29) is 5.91 Å². The summed E-state index contributed by atoms with van der Waals surface area (Å²) in [6.07, 6.45) is 0. The molecule has 0 aliphatic rings. The number of amides is 1. The molecule has 6 nitrogen and oxygen atoms in total. The minimum atomic E-state index is -0.502. The fourth-order valence-corrected chi connectivity index (χ4v) is 4.25. The third kappa shape index (κ3) is 3.96. The van der Waals surface area contributed by atoms with Gasteiger partial charge in [0.15, 0.2) is 0 Å². The molecule has 0 aliphatic carbocycles. The fraction of sp³-hybridized carbons (Fsp3) is 0.158. The maximum Gasteiger partial charge on any atom is 0.341 e. The van der Waals surface area contributed by atoms with Crippen LogP contribution in [-0.2, 0) is 4.74 Å². The molecule has 0 unspecified atom stereocenters. The van der Waals surface area contributed by atoms with Crippen LogP contribution in [0.1, 0.15) is 20.7 Å². The van der Waals surface area contributed by atoms with Crippen molar-refractivity contribution in [3.63, 3.8) is 0 Å². The zero-order chi connectivity index (χ0) is 19.4. The number of ether oxygens (including phenoxy) is 3. The van der Waals surface area contributed by atoms with Crippen LogP contribution in [-0.4, -0.2) is 33.2 Å². The third-order valence-electron chi connectivity index (χ3n) is 3.81. The summed E-state index contributed by atoms with van der Waals surface area (Å²) in [5, 5.41) is 6.99. The first kappa shape index (κ1) is 18.9. The summed E-state index contributed by atoms with van der Waals surface area (Å²) >= 11 is 2.78. The topological polar surface area (TPSA) is 73.9 Å². The molecule has 0 saturated carbocycles. The maximum absolute atomic E-state index is 12.7. The van der Waals surface area contributed by atoms with Crippen molar-refractivity contribution in [1.29, 1.82) is 0 Å². The summed E-state index contributed by atoms with van der Waals surface area (Å²) in [7, 11) is 4.34. The van der Waals surface area contributed by atoms with E-state index in [2.05, 4.69) is 5.32 Å². The monoisotopic (exact) mass is 403 g/mol. The lowest BCUT2D eigenvalue weighted by molar-refractivity contribution is 0.0603. The van der Waals surface area contributed by atoms with Crippen molar-refractivity contribution in [1.82, 2.24) is 0 Å². The average Bonchev–Trinajstić information content (AvgIpc) is 3.36. The number of hydrogen-bond donors (Lipinski definition) is 1. The summed E-state index contributed by atoms with van der Waals surface area (Å²) in [4.78, 5) is 26.0. The Morgan fingerprint density at radius 2 is 1.70 bits per heavy atom. The predicted molar refractivity (Wildman–Crippen MR) is 106 cm³/mol. The number of hydrogen-bond acceptors (Lipinski definition) is 7. The Hall–Kier alpha value is -2.84. The number of carbonyl (C=O) groups excluding carboxylic acids is 2. The van der Waals surface area contributed by atoms with E-state index in [0.717, 1.165) is 10.4 Å². The molecular formula is C19H17NO5S2. The van der Waals surface area contributed by atoms with E-state index in [0.29, 0.717) is 27.6 Å². The summed E-state index contributed by atoms with van der Waals surface area (Å²) < 4.78 is 15.3. The van der Waals surface area contributed by atoms with E-state index >= 15 is 0 Å². The van der Waals surface area contributed by atoms with Gasteiger partial charge in [-0.1, -0.05) is 6.07 Å². The Labute approximate surface area is 164 Å². The van der Waals surface area contributed by atoms with E-state index in [1.165, 1.54) is 44.0 Å². The molecule has 140 valence electrons. The van der Waals surface area contributed by atoms with Crippen molar-refractivity contribution in [3.8, 4) is 21.9 Å². The molecule has 0 radical (unpaired) electrons. The Bertz CT molecular complexity index is 940. The van der Waals surface area contributed by atoms with Crippen molar-refractivity contribution in [2.24, 2.45) is 0 Å².